The summed E-state index contributed by atoms with van der Waals surface area (Å²) in [5, 5.41) is 9.73. The quantitative estimate of drug-likeness (QED) is 0.643. The Bertz CT molecular complexity index is 199. The first kappa shape index (κ1) is 10.6. The van der Waals surface area contributed by atoms with Crippen LogP contribution in [0.4, 0.5) is 0 Å². The molecule has 0 saturated heterocycles. The number of nitrogens with zero attached hydrogens (tertiary/aromatic N) is 1. The zero-order chi connectivity index (χ0) is 9.36. The van der Waals surface area contributed by atoms with Gasteiger partial charge in [0.15, 0.2) is 0 Å². The highest BCUT2D eigenvalue weighted by Crippen LogP contribution is 2.01. The van der Waals surface area contributed by atoms with Crippen LogP contribution in [0.25, 0.3) is 0 Å². The summed E-state index contributed by atoms with van der Waals surface area (Å²) >= 11 is 1.69. The molecule has 4 heteroatoms. The van der Waals surface area contributed by atoms with Crippen LogP contribution in [0.15, 0.2) is 11.6 Å². The van der Waals surface area contributed by atoms with E-state index in [1.807, 2.05) is 11.6 Å². The summed E-state index contributed by atoms with van der Waals surface area (Å²) in [5.41, 5.74) is 0. The Morgan fingerprint density at radius 3 is 2.85 bits per heavy atom. The molecule has 0 bridgehead atoms. The molecule has 73 valence electrons. The zero-order valence-electron chi connectivity index (χ0n) is 7.75. The Morgan fingerprint density at radius 2 is 2.15 bits per heavy atom. The van der Waals surface area contributed by atoms with Gasteiger partial charge in [0.2, 0.25) is 0 Å². The zero-order valence-corrected chi connectivity index (χ0v) is 8.57. The van der Waals surface area contributed by atoms with E-state index in [1.165, 1.54) is 0 Å². The normalized spacial score (nSPS) is 10.5. The number of hydrogen-bond donors (Lipinski definition) is 2. The summed E-state index contributed by atoms with van der Waals surface area (Å²) in [4.78, 5) is 4.18. The van der Waals surface area contributed by atoms with Gasteiger partial charge in [0.25, 0.3) is 0 Å². The maximum atomic E-state index is 4.18. The van der Waals surface area contributed by atoms with Gasteiger partial charge in [0.1, 0.15) is 5.01 Å². The lowest BCUT2D eigenvalue weighted by molar-refractivity contribution is 0.613. The van der Waals surface area contributed by atoms with Crippen LogP contribution in [0.1, 0.15) is 11.4 Å². The molecule has 13 heavy (non-hydrogen) atoms. The molecule has 2 N–H and O–H groups in total. The van der Waals surface area contributed by atoms with E-state index in [0.717, 1.165) is 37.6 Å². The molecule has 0 atom stereocenters. The number of hydrogen-bond acceptors (Lipinski definition) is 4. The number of thiazole rings is 1. The highest BCUT2D eigenvalue weighted by Gasteiger charge is 1.92. The third-order valence-electron chi connectivity index (χ3n) is 1.59. The summed E-state index contributed by atoms with van der Waals surface area (Å²) in [5.74, 6) is 0. The van der Waals surface area contributed by atoms with Gasteiger partial charge in [-0.15, -0.1) is 11.3 Å². The molecule has 0 amide bonds. The molecule has 0 aliphatic rings. The van der Waals surface area contributed by atoms with Crippen molar-refractivity contribution in [2.75, 3.05) is 19.6 Å². The van der Waals surface area contributed by atoms with Crippen LogP contribution in [0.2, 0.25) is 0 Å². The average molecular weight is 198 g/mol. The lowest BCUT2D eigenvalue weighted by atomic mass is 10.4. The molecule has 1 rings (SSSR count). The fourth-order valence-corrected chi connectivity index (χ4v) is 1.55. The van der Waals surface area contributed by atoms with Crippen LogP contribution < -0.4 is 10.6 Å². The molecular weight excluding hydrogens is 182 g/mol. The molecule has 1 aromatic heterocycles. The van der Waals surface area contributed by atoms with Crippen molar-refractivity contribution >= 4 is 11.3 Å². The van der Waals surface area contributed by atoms with Crippen LogP contribution in [0.3, 0.4) is 0 Å². The van der Waals surface area contributed by atoms with E-state index < -0.39 is 0 Å². The summed E-state index contributed by atoms with van der Waals surface area (Å²) in [6.45, 7) is 7.62. The predicted octanol–water partition coefficient (Wildman–Crippen LogP) is 1.05. The molecule has 0 aromatic carbocycles. The van der Waals surface area contributed by atoms with Crippen molar-refractivity contribution in [2.24, 2.45) is 0 Å². The Balaban J connectivity index is 1.90. The second kappa shape index (κ2) is 7.00. The Kier molecular flexibility index (Phi) is 5.73. The van der Waals surface area contributed by atoms with Gasteiger partial charge in [0.05, 0.1) is 0 Å². The topological polar surface area (TPSA) is 37.0 Å². The lowest BCUT2D eigenvalue weighted by Gasteiger charge is -2.03. The monoisotopic (exact) mass is 198 g/mol. The van der Waals surface area contributed by atoms with Gasteiger partial charge < -0.3 is 10.6 Å². The number of rotatable bonds is 7. The van der Waals surface area contributed by atoms with Crippen LogP contribution in [-0.4, -0.2) is 24.6 Å². The van der Waals surface area contributed by atoms with Crippen molar-refractivity contribution in [3.8, 4) is 0 Å². The third-order valence-corrected chi connectivity index (χ3v) is 2.37. The smallest absolute Gasteiger partial charge is 0.106 e. The summed E-state index contributed by atoms with van der Waals surface area (Å²) in [7, 11) is 0. The highest BCUT2D eigenvalue weighted by atomic mass is 32.1. The van der Waals surface area contributed by atoms with Crippen LogP contribution in [0, 0.1) is 6.92 Å². The molecule has 0 fully saturated rings. The molecule has 0 saturated carbocycles. The van der Waals surface area contributed by atoms with Gasteiger partial charge >= 0.3 is 0 Å². The maximum absolute atomic E-state index is 4.18. The Hall–Kier alpha value is -0.450. The molecule has 3 nitrogen and oxygen atoms in total. The SMILES string of the molecule is [CH2]CCNCCNCc1nccs1. The fourth-order valence-electron chi connectivity index (χ4n) is 0.962. The molecule has 1 heterocycles. The van der Waals surface area contributed by atoms with Crippen molar-refractivity contribution in [2.45, 2.75) is 13.0 Å². The first-order valence-corrected chi connectivity index (χ1v) is 5.40. The standard InChI is InChI=1S/C9H16N3S/c1-2-3-10-4-5-11-8-9-12-6-7-13-9/h6-7,10-11H,1-5,8H2. The predicted molar refractivity (Wildman–Crippen MR) is 56.7 cm³/mol. The van der Waals surface area contributed by atoms with E-state index in [0.29, 0.717) is 0 Å². The third kappa shape index (κ3) is 4.98. The minimum absolute atomic E-state index is 0.879. The summed E-state index contributed by atoms with van der Waals surface area (Å²) < 4.78 is 0. The van der Waals surface area contributed by atoms with Gasteiger partial charge in [-0.25, -0.2) is 4.98 Å². The minimum atomic E-state index is 0.879. The molecule has 0 aliphatic heterocycles. The number of aromatic nitrogens is 1. The van der Waals surface area contributed by atoms with Crippen molar-refractivity contribution in [1.29, 1.82) is 0 Å². The molecule has 0 unspecified atom stereocenters. The summed E-state index contributed by atoms with van der Waals surface area (Å²) in [6, 6.07) is 0. The van der Waals surface area contributed by atoms with Crippen LogP contribution in [0.5, 0.6) is 0 Å². The molecule has 1 aromatic rings. The van der Waals surface area contributed by atoms with E-state index in [-0.39, 0.29) is 0 Å². The Labute approximate surface area is 83.6 Å². The molecule has 0 aliphatic carbocycles. The van der Waals surface area contributed by atoms with Crippen LogP contribution >= 0.6 is 11.3 Å². The second-order valence-corrected chi connectivity index (χ2v) is 3.69. The maximum Gasteiger partial charge on any atom is 0.106 e. The van der Waals surface area contributed by atoms with Gasteiger partial charge in [-0.05, 0) is 13.0 Å². The van der Waals surface area contributed by atoms with Gasteiger partial charge in [-0.3, -0.25) is 0 Å². The average Bonchev–Trinajstić information content (AvgIpc) is 2.63. The van der Waals surface area contributed by atoms with E-state index >= 15 is 0 Å². The van der Waals surface area contributed by atoms with Crippen LogP contribution in [-0.2, 0) is 6.54 Å². The van der Waals surface area contributed by atoms with Crippen molar-refractivity contribution < 1.29 is 0 Å². The minimum Gasteiger partial charge on any atom is -0.315 e. The largest absolute Gasteiger partial charge is 0.315 e. The number of nitrogens with one attached hydrogen (secondary N) is 2. The van der Waals surface area contributed by atoms with E-state index in [1.54, 1.807) is 11.3 Å². The van der Waals surface area contributed by atoms with E-state index in [4.69, 9.17) is 0 Å². The summed E-state index contributed by atoms with van der Waals surface area (Å²) in [6.07, 6.45) is 2.79. The lowest BCUT2D eigenvalue weighted by Crippen LogP contribution is -2.27. The van der Waals surface area contributed by atoms with Gasteiger partial charge in [-0.2, -0.15) is 0 Å². The first-order chi connectivity index (χ1) is 6.43. The van der Waals surface area contributed by atoms with Gasteiger partial charge in [-0.1, -0.05) is 6.92 Å². The molecule has 1 radical (unpaired) electrons. The van der Waals surface area contributed by atoms with Crippen molar-refractivity contribution in [3.05, 3.63) is 23.5 Å². The van der Waals surface area contributed by atoms with E-state index in [9.17, 15) is 0 Å². The highest BCUT2D eigenvalue weighted by molar-refractivity contribution is 7.09. The van der Waals surface area contributed by atoms with Gasteiger partial charge in [0, 0.05) is 31.2 Å². The second-order valence-electron chi connectivity index (χ2n) is 2.71. The first-order valence-electron chi connectivity index (χ1n) is 4.52. The van der Waals surface area contributed by atoms with E-state index in [2.05, 4.69) is 22.5 Å². The van der Waals surface area contributed by atoms with Crippen molar-refractivity contribution in [3.63, 3.8) is 0 Å². The van der Waals surface area contributed by atoms with Crippen molar-refractivity contribution in [1.82, 2.24) is 15.6 Å². The fraction of sp³-hybridized carbons (Fsp3) is 0.556. The Morgan fingerprint density at radius 1 is 1.31 bits per heavy atom. The molecule has 0 spiro atoms. The molecular formula is C9H16N3S.